The highest BCUT2D eigenvalue weighted by atomic mass is 32.2. The van der Waals surface area contributed by atoms with Crippen LogP contribution in [0, 0.1) is 0 Å². The lowest BCUT2D eigenvalue weighted by molar-refractivity contribution is -0.113. The maximum absolute atomic E-state index is 12.6. The Bertz CT molecular complexity index is 1010. The summed E-state index contributed by atoms with van der Waals surface area (Å²) in [5.74, 6) is 0.345. The Labute approximate surface area is 187 Å². The predicted octanol–water partition coefficient (Wildman–Crippen LogP) is 5.12. The van der Waals surface area contributed by atoms with E-state index in [1.807, 2.05) is 29.0 Å². The van der Waals surface area contributed by atoms with Crippen molar-refractivity contribution in [1.82, 2.24) is 14.8 Å². The summed E-state index contributed by atoms with van der Waals surface area (Å²) in [5, 5.41) is 14.7. The van der Waals surface area contributed by atoms with Crippen molar-refractivity contribution in [3.63, 3.8) is 0 Å². The summed E-state index contributed by atoms with van der Waals surface area (Å²) < 4.78 is 7.14. The Morgan fingerprint density at radius 1 is 1.30 bits per heavy atom. The number of aryl methyl sites for hydroxylation is 1. The second-order valence-electron chi connectivity index (χ2n) is 6.61. The fraction of sp³-hybridized carbons (Fsp3) is 0.400. The number of carbonyl (C=O) groups is 2. The third-order valence-corrected chi connectivity index (χ3v) is 7.14. The van der Waals surface area contributed by atoms with E-state index in [0.29, 0.717) is 15.7 Å². The number of hydrogen-bond donors (Lipinski definition) is 1. The average Bonchev–Trinajstić information content (AvgIpc) is 3.45. The number of carbonyl (C=O) groups excluding carboxylic acids is 2. The van der Waals surface area contributed by atoms with Gasteiger partial charge in [0, 0.05) is 10.9 Å². The number of nitrogens with zero attached hydrogens (tertiary/aromatic N) is 3. The first kappa shape index (κ1) is 22.5. The van der Waals surface area contributed by atoms with Crippen LogP contribution in [0.3, 0.4) is 0 Å². The average molecular weight is 465 g/mol. The summed E-state index contributed by atoms with van der Waals surface area (Å²) in [4.78, 5) is 26.9. The maximum atomic E-state index is 12.6. The second kappa shape index (κ2) is 10.2. The monoisotopic (exact) mass is 464 g/mol. The van der Waals surface area contributed by atoms with Gasteiger partial charge in [0.25, 0.3) is 0 Å². The molecule has 0 fully saturated rings. The van der Waals surface area contributed by atoms with Crippen molar-refractivity contribution in [3.05, 3.63) is 34.0 Å². The van der Waals surface area contributed by atoms with Gasteiger partial charge in [-0.3, -0.25) is 9.36 Å². The molecule has 160 valence electrons. The van der Waals surface area contributed by atoms with Crippen LogP contribution < -0.4 is 5.32 Å². The minimum atomic E-state index is -0.420. The van der Waals surface area contributed by atoms with Crippen molar-refractivity contribution in [1.29, 1.82) is 0 Å². The Balaban J connectivity index is 1.71. The summed E-state index contributed by atoms with van der Waals surface area (Å²) in [6.45, 7) is 8.18. The van der Waals surface area contributed by atoms with Crippen molar-refractivity contribution < 1.29 is 14.3 Å². The molecule has 3 heterocycles. The zero-order chi connectivity index (χ0) is 21.7. The number of nitrogens with one attached hydrogen (secondary N) is 1. The van der Waals surface area contributed by atoms with Gasteiger partial charge in [-0.05, 0) is 44.7 Å². The zero-order valence-corrected chi connectivity index (χ0v) is 19.7. The van der Waals surface area contributed by atoms with Crippen LogP contribution in [0.15, 0.2) is 28.7 Å². The molecule has 10 heteroatoms. The molecule has 7 nitrogen and oxygen atoms in total. The molecular formula is C20H24N4O3S3. The lowest BCUT2D eigenvalue weighted by Crippen LogP contribution is -2.16. The molecule has 30 heavy (non-hydrogen) atoms. The van der Waals surface area contributed by atoms with E-state index >= 15 is 0 Å². The molecule has 0 spiro atoms. The van der Waals surface area contributed by atoms with Gasteiger partial charge in [-0.1, -0.05) is 24.8 Å². The number of amides is 1. The largest absolute Gasteiger partial charge is 0.462 e. The predicted molar refractivity (Wildman–Crippen MR) is 123 cm³/mol. The fourth-order valence-electron chi connectivity index (χ4n) is 2.78. The van der Waals surface area contributed by atoms with Crippen LogP contribution in [0.25, 0.3) is 10.7 Å². The number of hydrogen-bond acceptors (Lipinski definition) is 8. The van der Waals surface area contributed by atoms with Crippen molar-refractivity contribution >= 4 is 51.3 Å². The summed E-state index contributed by atoms with van der Waals surface area (Å²) in [6, 6.07) is 5.93. The SMILES string of the molecule is CCOC(=O)c1cc(CC)sc1NC(=O)CSc1nnc(-c2cccs2)n1C(C)C. The van der Waals surface area contributed by atoms with E-state index in [1.54, 1.807) is 24.3 Å². The highest BCUT2D eigenvalue weighted by molar-refractivity contribution is 7.99. The van der Waals surface area contributed by atoms with E-state index in [2.05, 4.69) is 29.4 Å². The summed E-state index contributed by atoms with van der Waals surface area (Å²) in [6.07, 6.45) is 0.782. The minimum absolute atomic E-state index is 0.155. The van der Waals surface area contributed by atoms with E-state index in [1.165, 1.54) is 23.1 Å². The highest BCUT2D eigenvalue weighted by Gasteiger charge is 2.21. The maximum Gasteiger partial charge on any atom is 0.341 e. The van der Waals surface area contributed by atoms with Crippen molar-refractivity contribution in [2.24, 2.45) is 0 Å². The Morgan fingerprint density at radius 3 is 2.73 bits per heavy atom. The first-order chi connectivity index (χ1) is 14.4. The van der Waals surface area contributed by atoms with Gasteiger partial charge >= 0.3 is 5.97 Å². The number of thiophene rings is 2. The number of esters is 1. The number of anilines is 1. The normalized spacial score (nSPS) is 11.1. The van der Waals surface area contributed by atoms with Crippen LogP contribution in [-0.2, 0) is 16.0 Å². The molecule has 1 N–H and O–H groups in total. The van der Waals surface area contributed by atoms with Gasteiger partial charge in [0.1, 0.15) is 5.00 Å². The summed E-state index contributed by atoms with van der Waals surface area (Å²) in [7, 11) is 0. The number of ether oxygens (including phenoxy) is 1. The quantitative estimate of drug-likeness (QED) is 0.349. The Hall–Kier alpha value is -2.17. The first-order valence-electron chi connectivity index (χ1n) is 9.65. The van der Waals surface area contributed by atoms with Crippen molar-refractivity contribution in [3.8, 4) is 10.7 Å². The number of aromatic nitrogens is 3. The molecule has 0 unspecified atom stereocenters. The smallest absolute Gasteiger partial charge is 0.341 e. The fourth-order valence-corrected chi connectivity index (χ4v) is 5.35. The molecule has 3 aromatic rings. The molecule has 0 aromatic carbocycles. The van der Waals surface area contributed by atoms with Gasteiger partial charge in [0.2, 0.25) is 5.91 Å². The van der Waals surface area contributed by atoms with Crippen molar-refractivity contribution in [2.45, 2.75) is 45.3 Å². The third-order valence-electron chi connectivity index (χ3n) is 4.13. The van der Waals surface area contributed by atoms with Crippen molar-refractivity contribution in [2.75, 3.05) is 17.7 Å². The minimum Gasteiger partial charge on any atom is -0.462 e. The summed E-state index contributed by atoms with van der Waals surface area (Å²) in [5.41, 5.74) is 0.405. The molecule has 0 aliphatic heterocycles. The van der Waals surface area contributed by atoms with Gasteiger partial charge in [-0.15, -0.1) is 32.9 Å². The van der Waals surface area contributed by atoms with Gasteiger partial charge in [0.05, 0.1) is 22.8 Å². The molecule has 0 radical (unpaired) electrons. The van der Waals surface area contributed by atoms with E-state index in [-0.39, 0.29) is 24.3 Å². The van der Waals surface area contributed by atoms with Crippen LogP contribution in [-0.4, -0.2) is 39.0 Å². The van der Waals surface area contributed by atoms with E-state index in [9.17, 15) is 9.59 Å². The highest BCUT2D eigenvalue weighted by Crippen LogP contribution is 2.32. The van der Waals surface area contributed by atoms with Gasteiger partial charge in [-0.2, -0.15) is 0 Å². The standard InChI is InChI=1S/C20H24N4O3S3/c1-5-13-10-14(19(26)27-6-2)18(30-13)21-16(25)11-29-20-23-22-17(24(20)12(3)4)15-8-7-9-28-15/h7-10,12H,5-6,11H2,1-4H3,(H,21,25). The van der Waals surface area contributed by atoms with Gasteiger partial charge in [-0.25, -0.2) is 4.79 Å². The van der Waals surface area contributed by atoms with Gasteiger partial charge < -0.3 is 10.1 Å². The molecule has 0 saturated carbocycles. The molecule has 0 saturated heterocycles. The lowest BCUT2D eigenvalue weighted by Gasteiger charge is -2.13. The van der Waals surface area contributed by atoms with E-state index in [0.717, 1.165) is 22.0 Å². The Morgan fingerprint density at radius 2 is 2.10 bits per heavy atom. The number of thioether (sulfide) groups is 1. The number of rotatable bonds is 9. The van der Waals surface area contributed by atoms with Crippen LogP contribution in [0.2, 0.25) is 0 Å². The third kappa shape index (κ3) is 5.11. The zero-order valence-electron chi connectivity index (χ0n) is 17.3. The molecule has 3 rings (SSSR count). The molecule has 3 aromatic heterocycles. The molecule has 0 aliphatic rings. The first-order valence-corrected chi connectivity index (χ1v) is 12.3. The van der Waals surface area contributed by atoms with Crippen LogP contribution in [0.5, 0.6) is 0 Å². The molecule has 0 aliphatic carbocycles. The molecular weight excluding hydrogens is 440 g/mol. The van der Waals surface area contributed by atoms with Crippen LogP contribution in [0.1, 0.15) is 49.0 Å². The van der Waals surface area contributed by atoms with Crippen LogP contribution in [0.4, 0.5) is 5.00 Å². The topological polar surface area (TPSA) is 86.1 Å². The molecule has 1 amide bonds. The second-order valence-corrected chi connectivity index (χ2v) is 9.64. The van der Waals surface area contributed by atoms with E-state index < -0.39 is 5.97 Å². The lowest BCUT2D eigenvalue weighted by atomic mass is 10.2. The van der Waals surface area contributed by atoms with E-state index in [4.69, 9.17) is 4.74 Å². The molecule has 0 atom stereocenters. The molecule has 0 bridgehead atoms. The summed E-state index contributed by atoms with van der Waals surface area (Å²) >= 11 is 4.33. The van der Waals surface area contributed by atoms with Gasteiger partial charge in [0.15, 0.2) is 11.0 Å². The Kier molecular flexibility index (Phi) is 7.68. The van der Waals surface area contributed by atoms with Crippen LogP contribution >= 0.6 is 34.4 Å².